The van der Waals surface area contributed by atoms with Crippen LogP contribution in [-0.2, 0) is 11.2 Å². The van der Waals surface area contributed by atoms with Gasteiger partial charge in [-0.3, -0.25) is 14.6 Å². The highest BCUT2D eigenvalue weighted by Crippen LogP contribution is 2.17. The van der Waals surface area contributed by atoms with Crippen LogP contribution in [0.5, 0.6) is 0 Å². The summed E-state index contributed by atoms with van der Waals surface area (Å²) in [5.74, 6) is -0.0528. The Kier molecular flexibility index (Phi) is 5.84. The van der Waals surface area contributed by atoms with Gasteiger partial charge in [-0.15, -0.1) is 0 Å². The predicted octanol–water partition coefficient (Wildman–Crippen LogP) is 1.72. The van der Waals surface area contributed by atoms with Gasteiger partial charge in [0.15, 0.2) is 0 Å². The Bertz CT molecular complexity index is 755. The van der Waals surface area contributed by atoms with E-state index in [-0.39, 0.29) is 11.8 Å². The van der Waals surface area contributed by atoms with Crippen LogP contribution in [0.2, 0.25) is 0 Å². The molecule has 0 unspecified atom stereocenters. The van der Waals surface area contributed by atoms with Crippen molar-refractivity contribution in [3.63, 3.8) is 0 Å². The van der Waals surface area contributed by atoms with Gasteiger partial charge in [-0.2, -0.15) is 0 Å². The van der Waals surface area contributed by atoms with E-state index >= 15 is 0 Å². The molecule has 0 bridgehead atoms. The summed E-state index contributed by atoms with van der Waals surface area (Å²) in [7, 11) is 0. The minimum absolute atomic E-state index is 0.109. The molecule has 0 aliphatic carbocycles. The average Bonchev–Trinajstić information content (AvgIpc) is 2.69. The third-order valence-corrected chi connectivity index (χ3v) is 4.61. The molecule has 0 saturated carbocycles. The molecule has 1 aliphatic rings. The fourth-order valence-corrected chi connectivity index (χ4v) is 3.08. The summed E-state index contributed by atoms with van der Waals surface area (Å²) in [6.07, 6.45) is 2.46. The number of carbonyl (C=O) groups is 2. The van der Waals surface area contributed by atoms with Gasteiger partial charge in [0.05, 0.1) is 0 Å². The Morgan fingerprint density at radius 2 is 1.81 bits per heavy atom. The third kappa shape index (κ3) is 4.59. The quantitative estimate of drug-likeness (QED) is 0.890. The Morgan fingerprint density at radius 1 is 1.08 bits per heavy atom. The topological polar surface area (TPSA) is 65.5 Å². The molecular formula is C20H24N4O2. The number of pyridine rings is 1. The van der Waals surface area contributed by atoms with E-state index in [0.717, 1.165) is 25.2 Å². The summed E-state index contributed by atoms with van der Waals surface area (Å²) >= 11 is 0. The van der Waals surface area contributed by atoms with Crippen LogP contribution in [0.25, 0.3) is 0 Å². The molecule has 1 saturated heterocycles. The minimum atomic E-state index is -0.162. The maximum atomic E-state index is 12.4. The summed E-state index contributed by atoms with van der Waals surface area (Å²) < 4.78 is 0. The fraction of sp³-hybridized carbons (Fsp3) is 0.350. The van der Waals surface area contributed by atoms with Crippen LogP contribution >= 0.6 is 0 Å². The van der Waals surface area contributed by atoms with Crippen molar-refractivity contribution in [3.05, 3.63) is 59.9 Å². The maximum absolute atomic E-state index is 12.4. The van der Waals surface area contributed by atoms with Gasteiger partial charge in [0.1, 0.15) is 5.69 Å². The normalized spacial score (nSPS) is 14.2. The van der Waals surface area contributed by atoms with E-state index in [1.165, 1.54) is 5.56 Å². The van der Waals surface area contributed by atoms with Crippen molar-refractivity contribution in [2.45, 2.75) is 13.3 Å². The molecule has 1 fully saturated rings. The molecule has 2 aromatic rings. The van der Waals surface area contributed by atoms with Crippen molar-refractivity contribution in [1.29, 1.82) is 0 Å². The minimum Gasteiger partial charge on any atom is -0.368 e. The van der Waals surface area contributed by atoms with Gasteiger partial charge in [-0.1, -0.05) is 30.3 Å². The van der Waals surface area contributed by atoms with E-state index in [2.05, 4.69) is 15.2 Å². The Morgan fingerprint density at radius 3 is 2.50 bits per heavy atom. The van der Waals surface area contributed by atoms with Gasteiger partial charge in [-0.05, 0) is 24.1 Å². The summed E-state index contributed by atoms with van der Waals surface area (Å²) in [4.78, 5) is 32.0. The second kappa shape index (κ2) is 8.47. The number of nitrogens with zero attached hydrogens (tertiary/aromatic N) is 3. The molecule has 1 N–H and O–H groups in total. The van der Waals surface area contributed by atoms with E-state index < -0.39 is 0 Å². The second-order valence-electron chi connectivity index (χ2n) is 6.38. The highest BCUT2D eigenvalue weighted by atomic mass is 16.2. The van der Waals surface area contributed by atoms with Crippen LogP contribution < -0.4 is 10.2 Å². The Labute approximate surface area is 153 Å². The first-order valence-corrected chi connectivity index (χ1v) is 8.92. The number of piperazine rings is 1. The van der Waals surface area contributed by atoms with Gasteiger partial charge in [0.2, 0.25) is 5.91 Å². The summed E-state index contributed by atoms with van der Waals surface area (Å²) in [6.45, 7) is 5.11. The lowest BCUT2D eigenvalue weighted by molar-refractivity contribution is -0.129. The largest absolute Gasteiger partial charge is 0.368 e. The van der Waals surface area contributed by atoms with Crippen LogP contribution in [0.1, 0.15) is 23.0 Å². The summed E-state index contributed by atoms with van der Waals surface area (Å²) in [6, 6.07) is 13.8. The monoisotopic (exact) mass is 352 g/mol. The molecule has 136 valence electrons. The molecule has 1 aromatic carbocycles. The van der Waals surface area contributed by atoms with Gasteiger partial charge in [0, 0.05) is 51.5 Å². The number of amides is 2. The van der Waals surface area contributed by atoms with E-state index in [1.54, 1.807) is 13.1 Å². The van der Waals surface area contributed by atoms with E-state index in [0.29, 0.717) is 25.3 Å². The number of benzene rings is 1. The maximum Gasteiger partial charge on any atom is 0.269 e. The van der Waals surface area contributed by atoms with Crippen molar-refractivity contribution < 1.29 is 9.59 Å². The first-order chi connectivity index (χ1) is 12.6. The average molecular weight is 352 g/mol. The lowest BCUT2D eigenvalue weighted by atomic mass is 10.1. The van der Waals surface area contributed by atoms with Crippen molar-refractivity contribution in [1.82, 2.24) is 15.2 Å². The van der Waals surface area contributed by atoms with Crippen LogP contribution in [0.3, 0.4) is 0 Å². The fourth-order valence-electron chi connectivity index (χ4n) is 3.08. The lowest BCUT2D eigenvalue weighted by Crippen LogP contribution is -2.48. The van der Waals surface area contributed by atoms with Crippen LogP contribution in [0.15, 0.2) is 48.7 Å². The predicted molar refractivity (Wildman–Crippen MR) is 101 cm³/mol. The molecule has 26 heavy (non-hydrogen) atoms. The number of anilines is 1. The van der Waals surface area contributed by atoms with Gasteiger partial charge < -0.3 is 15.1 Å². The highest BCUT2D eigenvalue weighted by Gasteiger charge is 2.19. The standard InChI is InChI=1S/C20H24N4O2/c1-16(25)23-11-13-24(14-12-23)18-8-10-21-19(15-18)20(26)22-9-7-17-5-3-2-4-6-17/h2-6,8,10,15H,7,9,11-14H2,1H3,(H,22,26). The molecule has 3 rings (SSSR count). The smallest absolute Gasteiger partial charge is 0.269 e. The number of hydrogen-bond donors (Lipinski definition) is 1. The van der Waals surface area contributed by atoms with Gasteiger partial charge >= 0.3 is 0 Å². The first-order valence-electron chi connectivity index (χ1n) is 8.92. The van der Waals surface area contributed by atoms with Gasteiger partial charge in [-0.25, -0.2) is 0 Å². The SMILES string of the molecule is CC(=O)N1CCN(c2ccnc(C(=O)NCCc3ccccc3)c2)CC1. The van der Waals surface area contributed by atoms with E-state index in [9.17, 15) is 9.59 Å². The molecule has 1 aromatic heterocycles. The van der Waals surface area contributed by atoms with Gasteiger partial charge in [0.25, 0.3) is 5.91 Å². The van der Waals surface area contributed by atoms with Crippen molar-refractivity contribution in [3.8, 4) is 0 Å². The first kappa shape index (κ1) is 17.9. The van der Waals surface area contributed by atoms with E-state index in [1.807, 2.05) is 47.4 Å². The third-order valence-electron chi connectivity index (χ3n) is 4.61. The second-order valence-corrected chi connectivity index (χ2v) is 6.38. The molecule has 6 nitrogen and oxygen atoms in total. The molecular weight excluding hydrogens is 328 g/mol. The number of rotatable bonds is 5. The van der Waals surface area contributed by atoms with Crippen molar-refractivity contribution >= 4 is 17.5 Å². The van der Waals surface area contributed by atoms with Crippen molar-refractivity contribution in [2.24, 2.45) is 0 Å². The summed E-state index contributed by atoms with van der Waals surface area (Å²) in [5.41, 5.74) is 2.58. The van der Waals surface area contributed by atoms with E-state index in [4.69, 9.17) is 0 Å². The number of nitrogens with one attached hydrogen (secondary N) is 1. The number of hydrogen-bond acceptors (Lipinski definition) is 4. The Balaban J connectivity index is 1.55. The molecule has 2 heterocycles. The molecule has 6 heteroatoms. The number of carbonyl (C=O) groups excluding carboxylic acids is 2. The highest BCUT2D eigenvalue weighted by molar-refractivity contribution is 5.93. The Hall–Kier alpha value is -2.89. The molecule has 0 atom stereocenters. The lowest BCUT2D eigenvalue weighted by Gasteiger charge is -2.35. The molecule has 0 radical (unpaired) electrons. The zero-order valence-electron chi connectivity index (χ0n) is 15.0. The molecule has 2 amide bonds. The molecule has 0 spiro atoms. The van der Waals surface area contributed by atoms with Crippen LogP contribution in [0, 0.1) is 0 Å². The molecule has 1 aliphatic heterocycles. The zero-order valence-corrected chi connectivity index (χ0v) is 15.0. The van der Waals surface area contributed by atoms with Crippen molar-refractivity contribution in [2.75, 3.05) is 37.6 Å². The number of aromatic nitrogens is 1. The summed E-state index contributed by atoms with van der Waals surface area (Å²) in [5, 5.41) is 2.93. The van der Waals surface area contributed by atoms with Crippen LogP contribution in [-0.4, -0.2) is 54.4 Å². The zero-order chi connectivity index (χ0) is 18.4. The van der Waals surface area contributed by atoms with Crippen LogP contribution in [0.4, 0.5) is 5.69 Å².